The summed E-state index contributed by atoms with van der Waals surface area (Å²) in [5.74, 6) is 0.479. The Labute approximate surface area is 165 Å². The number of aryl methyl sites for hydroxylation is 1. The van der Waals surface area contributed by atoms with E-state index in [0.29, 0.717) is 0 Å². The van der Waals surface area contributed by atoms with Crippen LogP contribution in [0.3, 0.4) is 0 Å². The van der Waals surface area contributed by atoms with Crippen molar-refractivity contribution in [3.63, 3.8) is 0 Å². The summed E-state index contributed by atoms with van der Waals surface area (Å²) in [6.45, 7) is 11.2. The summed E-state index contributed by atoms with van der Waals surface area (Å²) in [6.07, 6.45) is 0. The lowest BCUT2D eigenvalue weighted by molar-refractivity contribution is 0.242. The summed E-state index contributed by atoms with van der Waals surface area (Å²) in [5.41, 5.74) is 6.90. The molecule has 0 amide bonds. The van der Waals surface area contributed by atoms with Gasteiger partial charge in [-0.2, -0.15) is 0 Å². The average Bonchev–Trinajstić information content (AvgIpc) is 3.06. The molecule has 1 aliphatic heterocycles. The van der Waals surface area contributed by atoms with Gasteiger partial charge in [-0.1, -0.05) is 17.3 Å². The van der Waals surface area contributed by atoms with Crippen LogP contribution in [0.15, 0.2) is 47.0 Å². The lowest BCUT2D eigenvalue weighted by atomic mass is 10.1. The molecule has 1 aromatic heterocycles. The van der Waals surface area contributed by atoms with Crippen LogP contribution in [0.2, 0.25) is 0 Å². The Morgan fingerprint density at radius 1 is 0.929 bits per heavy atom. The zero-order valence-corrected chi connectivity index (χ0v) is 16.7. The van der Waals surface area contributed by atoms with Crippen LogP contribution in [-0.2, 0) is 6.54 Å². The summed E-state index contributed by atoms with van der Waals surface area (Å²) < 4.78 is 18.7. The molecule has 0 saturated carbocycles. The molecule has 28 heavy (non-hydrogen) atoms. The highest BCUT2D eigenvalue weighted by Gasteiger charge is 2.22. The molecule has 0 N–H and O–H groups in total. The van der Waals surface area contributed by atoms with Crippen molar-refractivity contribution in [3.05, 3.63) is 70.7 Å². The van der Waals surface area contributed by atoms with Crippen molar-refractivity contribution < 1.29 is 8.91 Å². The number of nitrogens with zero attached hydrogens (tertiary/aromatic N) is 3. The predicted octanol–water partition coefficient (Wildman–Crippen LogP) is 4.73. The van der Waals surface area contributed by atoms with E-state index in [2.05, 4.69) is 47.0 Å². The third-order valence-corrected chi connectivity index (χ3v) is 5.79. The number of halogens is 1. The highest BCUT2D eigenvalue weighted by molar-refractivity contribution is 5.61. The van der Waals surface area contributed by atoms with Gasteiger partial charge in [0.25, 0.3) is 0 Å². The molecule has 0 aliphatic carbocycles. The molecule has 0 unspecified atom stereocenters. The highest BCUT2D eigenvalue weighted by Crippen LogP contribution is 2.28. The largest absolute Gasteiger partial charge is 0.369 e. The van der Waals surface area contributed by atoms with Gasteiger partial charge >= 0.3 is 0 Å². The Bertz CT molecular complexity index is 956. The predicted molar refractivity (Wildman–Crippen MR) is 110 cm³/mol. The molecular formula is C23H26FN3O. The average molecular weight is 379 g/mol. The first-order chi connectivity index (χ1) is 13.5. The van der Waals surface area contributed by atoms with Gasteiger partial charge in [0.1, 0.15) is 11.5 Å². The van der Waals surface area contributed by atoms with Gasteiger partial charge in [0.2, 0.25) is 0 Å². The maximum Gasteiger partial charge on any atom is 0.170 e. The van der Waals surface area contributed by atoms with Crippen LogP contribution in [0.1, 0.15) is 22.4 Å². The number of benzene rings is 2. The molecular weight excluding hydrogens is 353 g/mol. The number of hydrogen-bond acceptors (Lipinski definition) is 4. The van der Waals surface area contributed by atoms with Gasteiger partial charge in [-0.25, -0.2) is 4.39 Å². The van der Waals surface area contributed by atoms with Gasteiger partial charge in [-0.15, -0.1) is 0 Å². The molecule has 0 bridgehead atoms. The van der Waals surface area contributed by atoms with Gasteiger partial charge in [0.15, 0.2) is 5.76 Å². The van der Waals surface area contributed by atoms with E-state index < -0.39 is 0 Å². The molecule has 1 aliphatic rings. The van der Waals surface area contributed by atoms with Crippen molar-refractivity contribution in [2.24, 2.45) is 0 Å². The molecule has 146 valence electrons. The summed E-state index contributed by atoms with van der Waals surface area (Å²) in [4.78, 5) is 4.89. The minimum absolute atomic E-state index is 0.247. The van der Waals surface area contributed by atoms with Crippen molar-refractivity contribution in [1.29, 1.82) is 0 Å². The maximum atomic E-state index is 13.2. The number of piperazine rings is 1. The smallest absolute Gasteiger partial charge is 0.170 e. The Balaban J connectivity index is 1.41. The van der Waals surface area contributed by atoms with E-state index in [1.807, 2.05) is 6.92 Å². The normalized spacial score (nSPS) is 15.2. The van der Waals surface area contributed by atoms with Crippen LogP contribution in [0.4, 0.5) is 10.1 Å². The molecule has 0 radical (unpaired) electrons. The molecule has 4 rings (SSSR count). The Hall–Kier alpha value is -2.66. The van der Waals surface area contributed by atoms with Crippen LogP contribution in [0.25, 0.3) is 11.3 Å². The van der Waals surface area contributed by atoms with Crippen LogP contribution < -0.4 is 4.90 Å². The second kappa shape index (κ2) is 7.76. The van der Waals surface area contributed by atoms with Gasteiger partial charge in [0, 0.05) is 49.5 Å². The quantitative estimate of drug-likeness (QED) is 0.656. The zero-order valence-electron chi connectivity index (χ0n) is 16.7. The number of hydrogen-bond donors (Lipinski definition) is 0. The van der Waals surface area contributed by atoms with E-state index in [4.69, 9.17) is 4.52 Å². The van der Waals surface area contributed by atoms with E-state index in [-0.39, 0.29) is 5.82 Å². The van der Waals surface area contributed by atoms with E-state index >= 15 is 0 Å². The SMILES string of the molecule is Cc1cccc(N2CCN(Cc3noc(-c4ccc(F)cc4)c3C)CC2)c1C. The molecule has 0 atom stereocenters. The number of aromatic nitrogens is 1. The lowest BCUT2D eigenvalue weighted by Crippen LogP contribution is -2.46. The summed E-state index contributed by atoms with van der Waals surface area (Å²) in [7, 11) is 0. The van der Waals surface area contributed by atoms with Gasteiger partial charge in [-0.3, -0.25) is 4.90 Å². The summed E-state index contributed by atoms with van der Waals surface area (Å²) in [6, 6.07) is 12.9. The van der Waals surface area contributed by atoms with E-state index in [0.717, 1.165) is 55.3 Å². The molecule has 1 fully saturated rings. The fraction of sp³-hybridized carbons (Fsp3) is 0.348. The van der Waals surface area contributed by atoms with Crippen molar-refractivity contribution >= 4 is 5.69 Å². The van der Waals surface area contributed by atoms with E-state index in [1.54, 1.807) is 12.1 Å². The summed E-state index contributed by atoms with van der Waals surface area (Å²) >= 11 is 0. The van der Waals surface area contributed by atoms with Crippen molar-refractivity contribution in [1.82, 2.24) is 10.1 Å². The second-order valence-electron chi connectivity index (χ2n) is 7.57. The van der Waals surface area contributed by atoms with Gasteiger partial charge in [0.05, 0.1) is 0 Å². The number of anilines is 1. The molecule has 2 aromatic carbocycles. The standard InChI is InChI=1S/C23H26FN3O/c1-16-5-4-6-22(17(16)2)27-13-11-26(12-14-27)15-21-18(3)23(28-25-21)19-7-9-20(24)10-8-19/h4-10H,11-15H2,1-3H3. The first-order valence-electron chi connectivity index (χ1n) is 9.77. The van der Waals surface area contributed by atoms with Gasteiger partial charge in [-0.05, 0) is 62.2 Å². The Morgan fingerprint density at radius 2 is 1.64 bits per heavy atom. The second-order valence-corrected chi connectivity index (χ2v) is 7.57. The fourth-order valence-electron chi connectivity index (χ4n) is 3.82. The van der Waals surface area contributed by atoms with Crippen molar-refractivity contribution in [2.45, 2.75) is 27.3 Å². The molecule has 3 aromatic rings. The van der Waals surface area contributed by atoms with Crippen LogP contribution in [-0.4, -0.2) is 36.2 Å². The van der Waals surface area contributed by atoms with Crippen LogP contribution in [0, 0.1) is 26.6 Å². The van der Waals surface area contributed by atoms with Crippen LogP contribution in [0.5, 0.6) is 0 Å². The summed E-state index contributed by atoms with van der Waals surface area (Å²) in [5, 5.41) is 4.29. The Morgan fingerprint density at radius 3 is 2.36 bits per heavy atom. The van der Waals surface area contributed by atoms with Crippen LogP contribution >= 0.6 is 0 Å². The third kappa shape index (κ3) is 3.67. The molecule has 4 nitrogen and oxygen atoms in total. The highest BCUT2D eigenvalue weighted by atomic mass is 19.1. The minimum Gasteiger partial charge on any atom is -0.369 e. The van der Waals surface area contributed by atoms with Gasteiger partial charge < -0.3 is 9.42 Å². The molecule has 1 saturated heterocycles. The molecule has 5 heteroatoms. The van der Waals surface area contributed by atoms with E-state index in [9.17, 15) is 4.39 Å². The zero-order chi connectivity index (χ0) is 19.7. The first-order valence-corrected chi connectivity index (χ1v) is 9.77. The lowest BCUT2D eigenvalue weighted by Gasteiger charge is -2.36. The molecule has 2 heterocycles. The van der Waals surface area contributed by atoms with E-state index in [1.165, 1.54) is 28.9 Å². The molecule has 0 spiro atoms. The monoisotopic (exact) mass is 379 g/mol. The maximum absolute atomic E-state index is 13.2. The third-order valence-electron chi connectivity index (χ3n) is 5.79. The number of rotatable bonds is 4. The fourth-order valence-corrected chi connectivity index (χ4v) is 3.82. The first kappa shape index (κ1) is 18.7. The minimum atomic E-state index is -0.247. The van der Waals surface area contributed by atoms with Crippen molar-refractivity contribution in [3.8, 4) is 11.3 Å². The Kier molecular flexibility index (Phi) is 5.18. The topological polar surface area (TPSA) is 32.5 Å². The van der Waals surface area contributed by atoms with Crippen molar-refractivity contribution in [2.75, 3.05) is 31.1 Å².